The maximum atomic E-state index is 13.0. The molecule has 2 atom stereocenters. The Morgan fingerprint density at radius 2 is 2.14 bits per heavy atom. The lowest BCUT2D eigenvalue weighted by Gasteiger charge is -2.49. The van der Waals surface area contributed by atoms with Crippen LogP contribution in [0.5, 0.6) is 0 Å². The van der Waals surface area contributed by atoms with Gasteiger partial charge in [-0.3, -0.25) is 14.5 Å². The standard InChI is InChI=1S/C20H20ClN7O5S4/c21-20-25-9(6-34-5-4-22)19(37-20)36-10-7-35-17-13(16(30)28(17)14(10)18(31)32)26-15(29)12(27-33)8-2-1-3-11(23)24-8/h1-3,13,17,33H,4-7,22H2,(H2,23,24)(H,26,29)(H,31,32)/b27-12+/t13-,17?/m1/s1. The van der Waals surface area contributed by atoms with E-state index in [1.165, 1.54) is 53.1 Å². The number of nitrogens with zero attached hydrogens (tertiary/aromatic N) is 4. The minimum atomic E-state index is -1.26. The van der Waals surface area contributed by atoms with Gasteiger partial charge in [-0.1, -0.05) is 45.9 Å². The van der Waals surface area contributed by atoms with Crippen molar-refractivity contribution in [2.45, 2.75) is 21.4 Å². The van der Waals surface area contributed by atoms with E-state index in [1.807, 2.05) is 0 Å². The van der Waals surface area contributed by atoms with Crippen molar-refractivity contribution < 1.29 is 24.7 Å². The summed E-state index contributed by atoms with van der Waals surface area (Å²) in [5.74, 6) is -0.991. The van der Waals surface area contributed by atoms with Gasteiger partial charge in [-0.05, 0) is 12.1 Å². The Morgan fingerprint density at radius 1 is 1.35 bits per heavy atom. The Bertz CT molecular complexity index is 1300. The first kappa shape index (κ1) is 27.5. The fourth-order valence-corrected chi connectivity index (χ4v) is 8.51. The SMILES string of the molecule is NCCSCc1nc(Cl)sc1SC1=C(C(=O)O)N2C(=O)[C@@H](NC(=O)/C(=N/O)c3cccc(N)n3)C2SC1. The van der Waals surface area contributed by atoms with E-state index in [-0.39, 0.29) is 23.0 Å². The van der Waals surface area contributed by atoms with Gasteiger partial charge in [0.05, 0.1) is 9.90 Å². The number of thiazole rings is 1. The van der Waals surface area contributed by atoms with Crippen LogP contribution < -0.4 is 16.8 Å². The largest absolute Gasteiger partial charge is 0.477 e. The summed E-state index contributed by atoms with van der Waals surface area (Å²) >= 11 is 11.5. The number of carbonyl (C=O) groups is 3. The van der Waals surface area contributed by atoms with Crippen molar-refractivity contribution in [3.05, 3.63) is 44.7 Å². The number of carboxylic acids is 1. The number of rotatable bonds is 10. The second kappa shape index (κ2) is 11.9. The summed E-state index contributed by atoms with van der Waals surface area (Å²) in [6.07, 6.45) is 0. The van der Waals surface area contributed by atoms with Gasteiger partial charge in [0.1, 0.15) is 28.6 Å². The molecule has 37 heavy (non-hydrogen) atoms. The molecule has 0 aromatic carbocycles. The summed E-state index contributed by atoms with van der Waals surface area (Å²) in [6.45, 7) is 0.522. The number of nitrogens with two attached hydrogens (primary N) is 2. The number of thioether (sulfide) groups is 3. The Balaban J connectivity index is 1.52. The fourth-order valence-electron chi connectivity index (χ4n) is 3.52. The average Bonchev–Trinajstić information content (AvgIpc) is 3.21. The number of β-lactam (4-membered cyclic amide) rings is 1. The number of hydrogen-bond acceptors (Lipinski definition) is 13. The monoisotopic (exact) mass is 601 g/mol. The van der Waals surface area contributed by atoms with E-state index in [9.17, 15) is 24.7 Å². The van der Waals surface area contributed by atoms with E-state index in [1.54, 1.807) is 11.8 Å². The average molecular weight is 602 g/mol. The molecule has 1 saturated heterocycles. The van der Waals surface area contributed by atoms with Crippen molar-refractivity contribution in [3.8, 4) is 0 Å². The summed E-state index contributed by atoms with van der Waals surface area (Å²) in [4.78, 5) is 47.9. The zero-order valence-corrected chi connectivity index (χ0v) is 22.8. The molecular formula is C20H20ClN7O5S4. The normalized spacial score (nSPS) is 19.5. The molecule has 2 aliphatic rings. The number of nitrogens with one attached hydrogen (secondary N) is 1. The highest BCUT2D eigenvalue weighted by Gasteiger charge is 2.54. The van der Waals surface area contributed by atoms with Crippen molar-refractivity contribution in [1.82, 2.24) is 20.2 Å². The molecule has 2 aromatic rings. The Kier molecular flexibility index (Phi) is 8.86. The summed E-state index contributed by atoms with van der Waals surface area (Å²) in [7, 11) is 0. The maximum absolute atomic E-state index is 13.0. The molecule has 4 rings (SSSR count). The minimum Gasteiger partial charge on any atom is -0.477 e. The van der Waals surface area contributed by atoms with Gasteiger partial charge in [0.25, 0.3) is 11.8 Å². The van der Waals surface area contributed by atoms with Crippen LogP contribution in [0.25, 0.3) is 0 Å². The van der Waals surface area contributed by atoms with Crippen LogP contribution in [0.1, 0.15) is 11.4 Å². The van der Waals surface area contributed by atoms with Crippen molar-refractivity contribution in [2.75, 3.05) is 23.8 Å². The predicted octanol–water partition coefficient (Wildman–Crippen LogP) is 1.63. The lowest BCUT2D eigenvalue weighted by molar-refractivity contribution is -0.150. The first-order chi connectivity index (χ1) is 17.7. The van der Waals surface area contributed by atoms with E-state index in [0.29, 0.717) is 21.7 Å². The molecular weight excluding hydrogens is 582 g/mol. The molecule has 0 radical (unpaired) electrons. The highest BCUT2D eigenvalue weighted by Crippen LogP contribution is 2.47. The van der Waals surface area contributed by atoms with Gasteiger partial charge < -0.3 is 27.1 Å². The fraction of sp³-hybridized carbons (Fsp3) is 0.300. The molecule has 0 bridgehead atoms. The predicted molar refractivity (Wildman–Crippen MR) is 145 cm³/mol. The molecule has 17 heteroatoms. The summed E-state index contributed by atoms with van der Waals surface area (Å²) in [5.41, 5.74) is 11.4. The highest BCUT2D eigenvalue weighted by atomic mass is 35.5. The molecule has 7 N–H and O–H groups in total. The van der Waals surface area contributed by atoms with Gasteiger partial charge in [0.2, 0.25) is 0 Å². The van der Waals surface area contributed by atoms with Crippen LogP contribution in [-0.2, 0) is 20.1 Å². The molecule has 1 fully saturated rings. The lowest BCUT2D eigenvalue weighted by Crippen LogP contribution is -2.71. The lowest BCUT2D eigenvalue weighted by atomic mass is 10.0. The number of halogens is 1. The van der Waals surface area contributed by atoms with Gasteiger partial charge in [0.15, 0.2) is 10.2 Å². The Hall–Kier alpha value is -2.50. The van der Waals surface area contributed by atoms with Crippen LogP contribution in [0.2, 0.25) is 4.47 Å². The van der Waals surface area contributed by atoms with Crippen LogP contribution in [0.3, 0.4) is 0 Å². The molecule has 2 amide bonds. The first-order valence-electron chi connectivity index (χ1n) is 10.5. The molecule has 12 nitrogen and oxygen atoms in total. The van der Waals surface area contributed by atoms with E-state index in [4.69, 9.17) is 23.1 Å². The number of fused-ring (bicyclic) bond motifs is 1. The number of nitrogen functional groups attached to an aromatic ring is 1. The molecule has 4 heterocycles. The first-order valence-corrected chi connectivity index (χ1v) is 14.7. The Labute approximate surface area is 232 Å². The maximum Gasteiger partial charge on any atom is 0.353 e. The van der Waals surface area contributed by atoms with Gasteiger partial charge in [0, 0.05) is 28.7 Å². The van der Waals surface area contributed by atoms with Crippen molar-refractivity contribution >= 4 is 87.5 Å². The minimum absolute atomic E-state index is 0.0216. The zero-order chi connectivity index (χ0) is 26.7. The van der Waals surface area contributed by atoms with Crippen molar-refractivity contribution in [2.24, 2.45) is 10.9 Å². The molecule has 196 valence electrons. The summed E-state index contributed by atoms with van der Waals surface area (Å²) in [6, 6.07) is 3.45. The van der Waals surface area contributed by atoms with E-state index < -0.39 is 34.9 Å². The zero-order valence-electron chi connectivity index (χ0n) is 18.8. The van der Waals surface area contributed by atoms with Gasteiger partial charge in [-0.2, -0.15) is 11.8 Å². The van der Waals surface area contributed by atoms with Crippen LogP contribution in [0.4, 0.5) is 5.82 Å². The Morgan fingerprint density at radius 3 is 2.81 bits per heavy atom. The number of carbonyl (C=O) groups excluding carboxylic acids is 2. The number of hydrogen-bond donors (Lipinski definition) is 5. The number of pyridine rings is 1. The molecule has 2 aliphatic heterocycles. The van der Waals surface area contributed by atoms with E-state index >= 15 is 0 Å². The third-order valence-electron chi connectivity index (χ3n) is 5.10. The van der Waals surface area contributed by atoms with Gasteiger partial charge in [-0.15, -0.1) is 11.8 Å². The quantitative estimate of drug-likeness (QED) is 0.0868. The van der Waals surface area contributed by atoms with Crippen LogP contribution in [0, 0.1) is 0 Å². The molecule has 0 aliphatic carbocycles. The molecule has 0 spiro atoms. The van der Waals surface area contributed by atoms with E-state index in [2.05, 4.69) is 20.4 Å². The van der Waals surface area contributed by atoms with Crippen LogP contribution in [-0.4, -0.2) is 78.1 Å². The van der Waals surface area contributed by atoms with Gasteiger partial charge in [-0.25, -0.2) is 14.8 Å². The smallest absolute Gasteiger partial charge is 0.353 e. The second-order valence-electron chi connectivity index (χ2n) is 7.48. The van der Waals surface area contributed by atoms with Crippen molar-refractivity contribution in [3.63, 3.8) is 0 Å². The number of amides is 2. The molecule has 0 saturated carbocycles. The summed E-state index contributed by atoms with van der Waals surface area (Å²) in [5, 5.41) is 24.2. The van der Waals surface area contributed by atoms with Crippen molar-refractivity contribution in [1.29, 1.82) is 0 Å². The number of oxime groups is 1. The van der Waals surface area contributed by atoms with Crippen LogP contribution >= 0.6 is 58.2 Å². The highest BCUT2D eigenvalue weighted by molar-refractivity contribution is 8.07. The third-order valence-corrected chi connectivity index (χ3v) is 10.1. The number of carboxylic acid groups (broad SMARTS) is 1. The van der Waals surface area contributed by atoms with Crippen LogP contribution in [0.15, 0.2) is 38.2 Å². The summed E-state index contributed by atoms with van der Waals surface area (Å²) < 4.78 is 1.09. The molecule has 1 unspecified atom stereocenters. The molecule has 2 aromatic heterocycles. The number of aliphatic carboxylic acids is 1. The number of anilines is 1. The number of aromatic nitrogens is 2. The second-order valence-corrected chi connectivity index (χ2v) is 12.6. The van der Waals surface area contributed by atoms with Gasteiger partial charge >= 0.3 is 5.97 Å². The van der Waals surface area contributed by atoms with E-state index in [0.717, 1.165) is 20.6 Å². The topological polar surface area (TPSA) is 197 Å². The third kappa shape index (κ3) is 5.83.